The minimum absolute atomic E-state index is 0.146. The van der Waals surface area contributed by atoms with Crippen molar-refractivity contribution in [3.05, 3.63) is 62.1 Å². The molecule has 0 saturated carbocycles. The van der Waals surface area contributed by atoms with E-state index in [9.17, 15) is 14.9 Å². The highest BCUT2D eigenvalue weighted by molar-refractivity contribution is 9.10. The number of benzene rings is 2. The number of carbonyl (C=O) groups is 1. The molecule has 0 saturated heterocycles. The molecule has 1 amide bonds. The third-order valence-corrected chi connectivity index (χ3v) is 3.58. The molecule has 0 radical (unpaired) electrons. The van der Waals surface area contributed by atoms with Gasteiger partial charge in [-0.1, -0.05) is 22.0 Å². The van der Waals surface area contributed by atoms with Crippen molar-refractivity contribution >= 4 is 33.2 Å². The van der Waals surface area contributed by atoms with Crippen LogP contribution in [0.4, 0.5) is 11.4 Å². The number of hydrogen-bond donors (Lipinski definition) is 1. The second-order valence-corrected chi connectivity index (χ2v) is 5.72. The quantitative estimate of drug-likeness (QED) is 0.620. The van der Waals surface area contributed by atoms with Gasteiger partial charge in [0.05, 0.1) is 17.1 Å². The number of amides is 1. The summed E-state index contributed by atoms with van der Waals surface area (Å²) in [6.45, 7) is 3.97. The SMILES string of the molecule is CCOc1ccc(Br)cc1C(=O)Nc1ccc(C)cc1[N+](=O)[O-]. The van der Waals surface area contributed by atoms with Crippen molar-refractivity contribution < 1.29 is 14.5 Å². The largest absolute Gasteiger partial charge is 0.493 e. The summed E-state index contributed by atoms with van der Waals surface area (Å²) < 4.78 is 6.14. The normalized spacial score (nSPS) is 10.2. The fraction of sp³-hybridized carbons (Fsp3) is 0.188. The Labute approximate surface area is 141 Å². The summed E-state index contributed by atoms with van der Waals surface area (Å²) in [5, 5.41) is 13.7. The molecule has 0 fully saturated rings. The van der Waals surface area contributed by atoms with Crippen molar-refractivity contribution in [1.29, 1.82) is 0 Å². The van der Waals surface area contributed by atoms with Crippen molar-refractivity contribution in [2.24, 2.45) is 0 Å². The van der Waals surface area contributed by atoms with Crippen LogP contribution in [0.25, 0.3) is 0 Å². The van der Waals surface area contributed by atoms with Crippen LogP contribution in [-0.2, 0) is 0 Å². The Morgan fingerprint density at radius 3 is 2.70 bits per heavy atom. The zero-order valence-electron chi connectivity index (χ0n) is 12.6. The highest BCUT2D eigenvalue weighted by atomic mass is 79.9. The Bertz CT molecular complexity index is 762. The lowest BCUT2D eigenvalue weighted by atomic mass is 10.1. The first-order chi connectivity index (χ1) is 10.9. The van der Waals surface area contributed by atoms with E-state index < -0.39 is 10.8 Å². The predicted molar refractivity (Wildman–Crippen MR) is 91.1 cm³/mol. The first-order valence-electron chi connectivity index (χ1n) is 6.91. The number of ether oxygens (including phenoxy) is 1. The van der Waals surface area contributed by atoms with Crippen LogP contribution in [0.5, 0.6) is 5.75 Å². The smallest absolute Gasteiger partial charge is 0.293 e. The Balaban J connectivity index is 2.37. The Hall–Kier alpha value is -2.41. The summed E-state index contributed by atoms with van der Waals surface area (Å²) in [6.07, 6.45) is 0. The molecule has 0 aliphatic heterocycles. The minimum atomic E-state index is -0.521. The molecule has 0 spiro atoms. The predicted octanol–water partition coefficient (Wildman–Crippen LogP) is 4.32. The average Bonchev–Trinajstić information content (AvgIpc) is 2.50. The van der Waals surface area contributed by atoms with Gasteiger partial charge in [0.25, 0.3) is 11.6 Å². The molecule has 2 rings (SSSR count). The average molecular weight is 379 g/mol. The van der Waals surface area contributed by atoms with Crippen LogP contribution in [0.1, 0.15) is 22.8 Å². The number of halogens is 1. The van der Waals surface area contributed by atoms with Gasteiger partial charge in [-0.15, -0.1) is 0 Å². The second kappa shape index (κ2) is 7.23. The van der Waals surface area contributed by atoms with Crippen LogP contribution in [0, 0.1) is 17.0 Å². The van der Waals surface area contributed by atoms with Crippen LogP contribution < -0.4 is 10.1 Å². The minimum Gasteiger partial charge on any atom is -0.493 e. The zero-order valence-corrected chi connectivity index (χ0v) is 14.2. The van der Waals surface area contributed by atoms with E-state index in [2.05, 4.69) is 21.2 Å². The van der Waals surface area contributed by atoms with Gasteiger partial charge in [-0.2, -0.15) is 0 Å². The molecular formula is C16H15BrN2O4. The van der Waals surface area contributed by atoms with Crippen LogP contribution in [0.3, 0.4) is 0 Å². The number of nitrogens with one attached hydrogen (secondary N) is 1. The van der Waals surface area contributed by atoms with Crippen LogP contribution in [0.2, 0.25) is 0 Å². The topological polar surface area (TPSA) is 81.5 Å². The number of nitro groups is 1. The molecule has 2 aromatic carbocycles. The molecule has 0 aliphatic carbocycles. The molecule has 6 nitrogen and oxygen atoms in total. The van der Waals surface area contributed by atoms with Gasteiger partial charge in [0.2, 0.25) is 0 Å². The lowest BCUT2D eigenvalue weighted by Crippen LogP contribution is -2.15. The van der Waals surface area contributed by atoms with Gasteiger partial charge >= 0.3 is 0 Å². The zero-order chi connectivity index (χ0) is 17.0. The van der Waals surface area contributed by atoms with Gasteiger partial charge in [-0.3, -0.25) is 14.9 Å². The third-order valence-electron chi connectivity index (χ3n) is 3.08. The Morgan fingerprint density at radius 2 is 2.04 bits per heavy atom. The number of hydrogen-bond acceptors (Lipinski definition) is 4. The van der Waals surface area contributed by atoms with Crippen molar-refractivity contribution in [2.45, 2.75) is 13.8 Å². The Morgan fingerprint density at radius 1 is 1.30 bits per heavy atom. The molecule has 0 heterocycles. The van der Waals surface area contributed by atoms with Crippen molar-refractivity contribution in [1.82, 2.24) is 0 Å². The summed E-state index contributed by atoms with van der Waals surface area (Å²) in [5.74, 6) is -0.0512. The van der Waals surface area contributed by atoms with Crippen LogP contribution in [0.15, 0.2) is 40.9 Å². The fourth-order valence-electron chi connectivity index (χ4n) is 2.05. The van der Waals surface area contributed by atoms with E-state index in [1.54, 1.807) is 31.2 Å². The molecule has 0 aliphatic rings. The number of aryl methyl sites for hydroxylation is 1. The van der Waals surface area contributed by atoms with Gasteiger partial charge in [0.1, 0.15) is 11.4 Å². The van der Waals surface area contributed by atoms with E-state index in [1.807, 2.05) is 6.92 Å². The molecule has 0 unspecified atom stereocenters. The Kier molecular flexibility index (Phi) is 5.33. The maximum Gasteiger partial charge on any atom is 0.293 e. The maximum absolute atomic E-state index is 12.5. The van der Waals surface area contributed by atoms with Crippen molar-refractivity contribution in [2.75, 3.05) is 11.9 Å². The first kappa shape index (κ1) is 17.0. The van der Waals surface area contributed by atoms with E-state index in [1.165, 1.54) is 12.1 Å². The van der Waals surface area contributed by atoms with Crippen LogP contribution >= 0.6 is 15.9 Å². The number of rotatable bonds is 5. The van der Waals surface area contributed by atoms with E-state index >= 15 is 0 Å². The lowest BCUT2D eigenvalue weighted by molar-refractivity contribution is -0.384. The molecule has 0 bridgehead atoms. The van der Waals surface area contributed by atoms with E-state index in [4.69, 9.17) is 4.74 Å². The summed E-state index contributed by atoms with van der Waals surface area (Å²) >= 11 is 3.30. The summed E-state index contributed by atoms with van der Waals surface area (Å²) in [6, 6.07) is 9.68. The molecule has 23 heavy (non-hydrogen) atoms. The standard InChI is InChI=1S/C16H15BrN2O4/c1-3-23-15-7-5-11(17)9-12(15)16(20)18-13-6-4-10(2)8-14(13)19(21)22/h4-9H,3H2,1-2H3,(H,18,20). The van der Waals surface area contributed by atoms with Gasteiger partial charge in [0, 0.05) is 10.5 Å². The first-order valence-corrected chi connectivity index (χ1v) is 7.70. The molecule has 0 atom stereocenters. The second-order valence-electron chi connectivity index (χ2n) is 4.81. The number of nitrogens with zero attached hydrogens (tertiary/aromatic N) is 1. The van der Waals surface area contributed by atoms with E-state index in [-0.39, 0.29) is 11.4 Å². The number of carbonyl (C=O) groups excluding carboxylic acids is 1. The van der Waals surface area contributed by atoms with Gasteiger partial charge < -0.3 is 10.1 Å². The fourth-order valence-corrected chi connectivity index (χ4v) is 2.41. The highest BCUT2D eigenvalue weighted by Crippen LogP contribution is 2.28. The molecular weight excluding hydrogens is 364 g/mol. The molecule has 2 aromatic rings. The number of anilines is 1. The highest BCUT2D eigenvalue weighted by Gasteiger charge is 2.19. The summed E-state index contributed by atoms with van der Waals surface area (Å²) in [4.78, 5) is 23.1. The molecule has 1 N–H and O–H groups in total. The van der Waals surface area contributed by atoms with Crippen molar-refractivity contribution in [3.8, 4) is 5.75 Å². The molecule has 7 heteroatoms. The van der Waals surface area contributed by atoms with Crippen molar-refractivity contribution in [3.63, 3.8) is 0 Å². The van der Waals surface area contributed by atoms with Crippen LogP contribution in [-0.4, -0.2) is 17.4 Å². The van der Waals surface area contributed by atoms with E-state index in [0.717, 1.165) is 5.56 Å². The summed E-state index contributed by atoms with van der Waals surface area (Å²) in [7, 11) is 0. The van der Waals surface area contributed by atoms with E-state index in [0.29, 0.717) is 22.4 Å². The van der Waals surface area contributed by atoms with Gasteiger partial charge in [-0.25, -0.2) is 0 Å². The molecule has 0 aromatic heterocycles. The monoisotopic (exact) mass is 378 g/mol. The third kappa shape index (κ3) is 4.07. The lowest BCUT2D eigenvalue weighted by Gasteiger charge is -2.11. The number of nitro benzene ring substituents is 1. The summed E-state index contributed by atoms with van der Waals surface area (Å²) in [5.41, 5.74) is 1.04. The van der Waals surface area contributed by atoms with Gasteiger partial charge in [-0.05, 0) is 43.7 Å². The maximum atomic E-state index is 12.5. The molecule has 120 valence electrons. The van der Waals surface area contributed by atoms with Gasteiger partial charge in [0.15, 0.2) is 0 Å².